The molecule has 1 aromatic carbocycles. The molecule has 1 atom stereocenters. The fourth-order valence-corrected chi connectivity index (χ4v) is 2.28. The van der Waals surface area contributed by atoms with Crippen molar-refractivity contribution in [3.63, 3.8) is 0 Å². The maximum atomic E-state index is 11.8. The first kappa shape index (κ1) is 16.8. The average Bonchev–Trinajstić information content (AvgIpc) is 2.53. The second-order valence-corrected chi connectivity index (χ2v) is 5.21. The molecular weight excluding hydrogens is 320 g/mol. The fourth-order valence-electron chi connectivity index (χ4n) is 1.98. The lowest BCUT2D eigenvalue weighted by Crippen LogP contribution is -2.36. The van der Waals surface area contributed by atoms with E-state index in [1.54, 1.807) is 25.1 Å². The standard InChI is InChI=1S/C16H15ClN2O4/c1-11(12-6-2-3-7-13(12)17)18-15(20)10-23-16(21)14-8-4-5-9-19(14)22/h2-9,11H,10H2,1H3,(H,18,20)/t11-/m0/s1. The first-order valence-electron chi connectivity index (χ1n) is 6.88. The lowest BCUT2D eigenvalue weighted by molar-refractivity contribution is -0.608. The number of pyridine rings is 1. The molecule has 1 amide bonds. The smallest absolute Gasteiger partial charge is 0.405 e. The Morgan fingerprint density at radius 1 is 1.26 bits per heavy atom. The van der Waals surface area contributed by atoms with Crippen molar-refractivity contribution in [2.45, 2.75) is 13.0 Å². The van der Waals surface area contributed by atoms with E-state index in [-0.39, 0.29) is 11.7 Å². The van der Waals surface area contributed by atoms with Gasteiger partial charge in [0, 0.05) is 17.2 Å². The molecule has 0 bridgehead atoms. The summed E-state index contributed by atoms with van der Waals surface area (Å²) in [5, 5.41) is 14.6. The summed E-state index contributed by atoms with van der Waals surface area (Å²) < 4.78 is 5.21. The number of esters is 1. The molecule has 2 aromatic rings. The maximum Gasteiger partial charge on any atom is 0.405 e. The van der Waals surface area contributed by atoms with E-state index in [4.69, 9.17) is 16.3 Å². The molecule has 2 rings (SSSR count). The molecule has 0 unspecified atom stereocenters. The Morgan fingerprint density at radius 2 is 1.96 bits per heavy atom. The van der Waals surface area contributed by atoms with E-state index in [0.29, 0.717) is 9.75 Å². The van der Waals surface area contributed by atoms with Crippen LogP contribution >= 0.6 is 11.6 Å². The van der Waals surface area contributed by atoms with E-state index in [1.807, 2.05) is 6.07 Å². The van der Waals surface area contributed by atoms with E-state index in [9.17, 15) is 14.8 Å². The van der Waals surface area contributed by atoms with Gasteiger partial charge in [0.1, 0.15) is 0 Å². The average molecular weight is 335 g/mol. The van der Waals surface area contributed by atoms with Crippen LogP contribution in [0.2, 0.25) is 5.02 Å². The summed E-state index contributed by atoms with van der Waals surface area (Å²) in [4.78, 5) is 23.6. The molecule has 1 heterocycles. The third-order valence-electron chi connectivity index (χ3n) is 3.12. The van der Waals surface area contributed by atoms with Gasteiger partial charge in [-0.3, -0.25) is 4.79 Å². The van der Waals surface area contributed by atoms with Gasteiger partial charge in [0.05, 0.1) is 6.04 Å². The Morgan fingerprint density at radius 3 is 2.65 bits per heavy atom. The van der Waals surface area contributed by atoms with Crippen LogP contribution in [-0.4, -0.2) is 18.5 Å². The predicted molar refractivity (Wildman–Crippen MR) is 83.7 cm³/mol. The minimum absolute atomic E-state index is 0.181. The summed E-state index contributed by atoms with van der Waals surface area (Å²) in [5.41, 5.74) is 0.578. The van der Waals surface area contributed by atoms with Crippen molar-refractivity contribution in [1.82, 2.24) is 5.32 Å². The largest absolute Gasteiger partial charge is 0.618 e. The number of carbonyl (C=O) groups is 2. The monoisotopic (exact) mass is 334 g/mol. The van der Waals surface area contributed by atoms with Crippen molar-refractivity contribution >= 4 is 23.5 Å². The molecule has 1 aromatic heterocycles. The van der Waals surface area contributed by atoms with Crippen molar-refractivity contribution < 1.29 is 19.1 Å². The number of halogens is 1. The van der Waals surface area contributed by atoms with E-state index in [0.717, 1.165) is 5.56 Å². The zero-order valence-electron chi connectivity index (χ0n) is 12.4. The molecule has 0 aliphatic carbocycles. The summed E-state index contributed by atoms with van der Waals surface area (Å²) in [5.74, 6) is -1.35. The molecule has 0 aliphatic rings. The minimum Gasteiger partial charge on any atom is -0.618 e. The number of benzene rings is 1. The lowest BCUT2D eigenvalue weighted by Gasteiger charge is -2.15. The van der Waals surface area contributed by atoms with Gasteiger partial charge in [-0.2, -0.15) is 4.73 Å². The van der Waals surface area contributed by atoms with Crippen molar-refractivity contribution in [3.05, 3.63) is 70.1 Å². The molecule has 23 heavy (non-hydrogen) atoms. The van der Waals surface area contributed by atoms with E-state index in [2.05, 4.69) is 5.32 Å². The number of hydrogen-bond donors (Lipinski definition) is 1. The zero-order valence-corrected chi connectivity index (χ0v) is 13.1. The molecule has 7 heteroatoms. The normalized spacial score (nSPS) is 11.6. The number of amides is 1. The molecule has 0 radical (unpaired) electrons. The second kappa shape index (κ2) is 7.60. The topological polar surface area (TPSA) is 82.3 Å². The lowest BCUT2D eigenvalue weighted by atomic mass is 10.1. The number of ether oxygens (including phenoxy) is 1. The van der Waals surface area contributed by atoms with Gasteiger partial charge in [0.2, 0.25) is 0 Å². The van der Waals surface area contributed by atoms with Crippen LogP contribution in [-0.2, 0) is 9.53 Å². The molecule has 120 valence electrons. The molecule has 6 nitrogen and oxygen atoms in total. The fraction of sp³-hybridized carbons (Fsp3) is 0.188. The van der Waals surface area contributed by atoms with Gasteiger partial charge in [-0.15, -0.1) is 0 Å². The highest BCUT2D eigenvalue weighted by atomic mass is 35.5. The molecule has 0 saturated carbocycles. The number of aromatic nitrogens is 1. The van der Waals surface area contributed by atoms with Gasteiger partial charge in [-0.05, 0) is 24.6 Å². The zero-order chi connectivity index (χ0) is 16.8. The van der Waals surface area contributed by atoms with Crippen LogP contribution in [0.25, 0.3) is 0 Å². The Kier molecular flexibility index (Phi) is 5.54. The molecule has 1 N–H and O–H groups in total. The van der Waals surface area contributed by atoms with Gasteiger partial charge in [-0.1, -0.05) is 29.8 Å². The van der Waals surface area contributed by atoms with E-state index in [1.165, 1.54) is 24.4 Å². The van der Waals surface area contributed by atoms with Gasteiger partial charge in [-0.25, -0.2) is 4.79 Å². The SMILES string of the molecule is C[C@H](NC(=O)COC(=O)c1cccc[n+]1[O-])c1ccccc1Cl. The van der Waals surface area contributed by atoms with E-state index >= 15 is 0 Å². The van der Waals surface area contributed by atoms with Crippen molar-refractivity contribution in [2.75, 3.05) is 6.61 Å². The number of carbonyl (C=O) groups excluding carboxylic acids is 2. The number of nitrogens with zero attached hydrogens (tertiary/aromatic N) is 1. The molecule has 0 saturated heterocycles. The van der Waals surface area contributed by atoms with Crippen LogP contribution in [0, 0.1) is 5.21 Å². The summed E-state index contributed by atoms with van der Waals surface area (Å²) in [6, 6.07) is 11.1. The Hall–Kier alpha value is -2.60. The first-order chi connectivity index (χ1) is 11.0. The molecule has 0 aliphatic heterocycles. The summed E-state index contributed by atoms with van der Waals surface area (Å²) in [6.07, 6.45) is 1.18. The Balaban J connectivity index is 1.89. The highest BCUT2D eigenvalue weighted by molar-refractivity contribution is 6.31. The molecule has 0 fully saturated rings. The van der Waals surface area contributed by atoms with Gasteiger partial charge >= 0.3 is 11.7 Å². The molecular formula is C16H15ClN2O4. The summed E-state index contributed by atoms with van der Waals surface area (Å²) in [7, 11) is 0. The highest BCUT2D eigenvalue weighted by Gasteiger charge is 2.19. The van der Waals surface area contributed by atoms with Crippen LogP contribution in [0.5, 0.6) is 0 Å². The second-order valence-electron chi connectivity index (χ2n) is 4.80. The van der Waals surface area contributed by atoms with Gasteiger partial charge in [0.25, 0.3) is 5.91 Å². The van der Waals surface area contributed by atoms with Crippen LogP contribution in [0.15, 0.2) is 48.7 Å². The van der Waals surface area contributed by atoms with Gasteiger partial charge < -0.3 is 15.3 Å². The number of rotatable bonds is 5. The summed E-state index contributed by atoms with van der Waals surface area (Å²) in [6.45, 7) is 1.28. The highest BCUT2D eigenvalue weighted by Crippen LogP contribution is 2.21. The van der Waals surface area contributed by atoms with Crippen LogP contribution in [0.3, 0.4) is 0 Å². The summed E-state index contributed by atoms with van der Waals surface area (Å²) >= 11 is 6.05. The van der Waals surface area contributed by atoms with Crippen molar-refractivity contribution in [1.29, 1.82) is 0 Å². The van der Waals surface area contributed by atoms with Gasteiger partial charge in [0.15, 0.2) is 12.8 Å². The number of hydrogen-bond acceptors (Lipinski definition) is 4. The third kappa shape index (κ3) is 4.43. The first-order valence-corrected chi connectivity index (χ1v) is 7.26. The Labute approximate surface area is 138 Å². The third-order valence-corrected chi connectivity index (χ3v) is 3.46. The van der Waals surface area contributed by atoms with Crippen LogP contribution < -0.4 is 10.0 Å². The maximum absolute atomic E-state index is 11.8. The van der Waals surface area contributed by atoms with Crippen molar-refractivity contribution in [3.8, 4) is 0 Å². The predicted octanol–water partition coefficient (Wildman–Crippen LogP) is 2.01. The van der Waals surface area contributed by atoms with Crippen LogP contribution in [0.1, 0.15) is 29.0 Å². The minimum atomic E-state index is -0.860. The van der Waals surface area contributed by atoms with E-state index < -0.39 is 18.5 Å². The number of nitrogens with one attached hydrogen (secondary N) is 1. The van der Waals surface area contributed by atoms with Crippen LogP contribution in [0.4, 0.5) is 0 Å². The quantitative estimate of drug-likeness (QED) is 0.515. The molecule has 0 spiro atoms. The van der Waals surface area contributed by atoms with Crippen molar-refractivity contribution in [2.24, 2.45) is 0 Å². The Bertz CT molecular complexity index is 721.